The summed E-state index contributed by atoms with van der Waals surface area (Å²) in [5, 5.41) is 27.5. The molecule has 0 amide bonds. The summed E-state index contributed by atoms with van der Waals surface area (Å²) in [6.07, 6.45) is -2.14. The smallest absolute Gasteiger partial charge is 0.243 e. The number of aliphatic hydroxyl groups excluding tert-OH is 2. The van der Waals surface area contributed by atoms with Gasteiger partial charge in [-0.3, -0.25) is 0 Å². The lowest BCUT2D eigenvalue weighted by Crippen LogP contribution is -2.30. The van der Waals surface area contributed by atoms with Crippen LogP contribution in [-0.4, -0.2) is 48.2 Å². The summed E-state index contributed by atoms with van der Waals surface area (Å²) < 4.78 is 25.4. The van der Waals surface area contributed by atoms with Gasteiger partial charge in [-0.2, -0.15) is 9.57 Å². The molecule has 1 heterocycles. The minimum atomic E-state index is -3.77. The lowest BCUT2D eigenvalue weighted by Gasteiger charge is -2.15. The zero-order valence-corrected chi connectivity index (χ0v) is 10.2. The lowest BCUT2D eigenvalue weighted by atomic mass is 10.2. The van der Waals surface area contributed by atoms with E-state index in [-0.39, 0.29) is 23.5 Å². The van der Waals surface area contributed by atoms with Crippen molar-refractivity contribution >= 4 is 10.0 Å². The van der Waals surface area contributed by atoms with Gasteiger partial charge in [0.15, 0.2) is 0 Å². The standard InChI is InChI=1S/C11H12N2O4S/c12-5-8-2-1-3-9(4-8)18(16,17)13-6-10(14)11(15)7-13/h1-4,10-11,14-15H,6-7H2. The van der Waals surface area contributed by atoms with Crippen molar-refractivity contribution in [1.82, 2.24) is 4.31 Å². The van der Waals surface area contributed by atoms with E-state index in [9.17, 15) is 18.6 Å². The molecule has 6 nitrogen and oxygen atoms in total. The second-order valence-electron chi connectivity index (χ2n) is 4.10. The summed E-state index contributed by atoms with van der Waals surface area (Å²) in [6, 6.07) is 7.51. The maximum absolute atomic E-state index is 12.2. The molecule has 1 aromatic carbocycles. The van der Waals surface area contributed by atoms with Gasteiger partial charge in [0.25, 0.3) is 0 Å². The average molecular weight is 268 g/mol. The van der Waals surface area contributed by atoms with E-state index in [0.717, 1.165) is 4.31 Å². The Labute approximate surface area is 105 Å². The minimum Gasteiger partial charge on any atom is -0.389 e. The molecule has 7 heteroatoms. The summed E-state index contributed by atoms with van der Waals surface area (Å²) >= 11 is 0. The number of aliphatic hydroxyl groups is 2. The second-order valence-corrected chi connectivity index (χ2v) is 6.03. The first-order valence-corrected chi connectivity index (χ1v) is 6.75. The van der Waals surface area contributed by atoms with Crippen LogP contribution in [0.15, 0.2) is 29.2 Å². The van der Waals surface area contributed by atoms with Crippen LogP contribution in [0.3, 0.4) is 0 Å². The van der Waals surface area contributed by atoms with Gasteiger partial charge in [0.2, 0.25) is 10.0 Å². The van der Waals surface area contributed by atoms with Gasteiger partial charge in [0.1, 0.15) is 0 Å². The van der Waals surface area contributed by atoms with Gasteiger partial charge in [0.05, 0.1) is 28.7 Å². The zero-order valence-electron chi connectivity index (χ0n) is 9.39. The topological polar surface area (TPSA) is 102 Å². The predicted octanol–water partition coefficient (Wildman–Crippen LogP) is -0.716. The SMILES string of the molecule is N#Cc1cccc(S(=O)(=O)N2CC(O)C(O)C2)c1. The fourth-order valence-electron chi connectivity index (χ4n) is 1.81. The van der Waals surface area contributed by atoms with Crippen LogP contribution >= 0.6 is 0 Å². The van der Waals surface area contributed by atoms with E-state index in [1.165, 1.54) is 24.3 Å². The van der Waals surface area contributed by atoms with E-state index in [2.05, 4.69) is 0 Å². The molecule has 0 radical (unpaired) electrons. The van der Waals surface area contributed by atoms with Crippen LogP contribution in [0.4, 0.5) is 0 Å². The molecule has 0 bridgehead atoms. The summed E-state index contributed by atoms with van der Waals surface area (Å²) in [7, 11) is -3.77. The van der Waals surface area contributed by atoms with E-state index in [0.29, 0.717) is 0 Å². The molecule has 2 atom stereocenters. The van der Waals surface area contributed by atoms with Crippen LogP contribution < -0.4 is 0 Å². The first-order valence-electron chi connectivity index (χ1n) is 5.31. The molecule has 0 aliphatic carbocycles. The number of nitrogens with zero attached hydrogens (tertiary/aromatic N) is 2. The predicted molar refractivity (Wildman–Crippen MR) is 61.9 cm³/mol. The fourth-order valence-corrected chi connectivity index (χ4v) is 3.33. The van der Waals surface area contributed by atoms with E-state index >= 15 is 0 Å². The molecule has 18 heavy (non-hydrogen) atoms. The summed E-state index contributed by atoms with van der Waals surface area (Å²) in [5.41, 5.74) is 0.247. The molecule has 1 aromatic rings. The van der Waals surface area contributed by atoms with Crippen molar-refractivity contribution in [2.24, 2.45) is 0 Å². The highest BCUT2D eigenvalue weighted by Crippen LogP contribution is 2.21. The van der Waals surface area contributed by atoms with Crippen molar-refractivity contribution in [2.45, 2.75) is 17.1 Å². The number of rotatable bonds is 2. The Balaban J connectivity index is 2.35. The molecule has 1 saturated heterocycles. The van der Waals surface area contributed by atoms with E-state index in [1.807, 2.05) is 6.07 Å². The Kier molecular flexibility index (Phi) is 3.36. The first kappa shape index (κ1) is 13.0. The van der Waals surface area contributed by atoms with Gasteiger partial charge >= 0.3 is 0 Å². The monoisotopic (exact) mass is 268 g/mol. The van der Waals surface area contributed by atoms with Crippen LogP contribution in [-0.2, 0) is 10.0 Å². The molecule has 2 unspecified atom stereocenters. The lowest BCUT2D eigenvalue weighted by molar-refractivity contribution is 0.0572. The van der Waals surface area contributed by atoms with Crippen LogP contribution in [0, 0.1) is 11.3 Å². The molecule has 2 rings (SSSR count). The third kappa shape index (κ3) is 2.23. The van der Waals surface area contributed by atoms with E-state index < -0.39 is 22.2 Å². The first-order chi connectivity index (χ1) is 8.45. The largest absolute Gasteiger partial charge is 0.389 e. The molecule has 0 saturated carbocycles. The molecule has 2 N–H and O–H groups in total. The Morgan fingerprint density at radius 2 is 1.89 bits per heavy atom. The molecule has 1 aliphatic heterocycles. The van der Waals surface area contributed by atoms with Gasteiger partial charge in [0, 0.05) is 13.1 Å². The van der Waals surface area contributed by atoms with Gasteiger partial charge in [-0.15, -0.1) is 0 Å². The molecular formula is C11H12N2O4S. The number of β-amino-alcohol motifs (C(OH)–C–C–N with tert-alkyl or cyclic N) is 2. The average Bonchev–Trinajstić information content (AvgIpc) is 2.70. The minimum absolute atomic E-state index is 0.0112. The fraction of sp³-hybridized carbons (Fsp3) is 0.364. The molecule has 0 spiro atoms. The Morgan fingerprint density at radius 1 is 1.28 bits per heavy atom. The maximum Gasteiger partial charge on any atom is 0.243 e. The maximum atomic E-state index is 12.2. The van der Waals surface area contributed by atoms with E-state index in [1.54, 1.807) is 0 Å². The summed E-state index contributed by atoms with van der Waals surface area (Å²) in [5.74, 6) is 0. The Morgan fingerprint density at radius 3 is 2.44 bits per heavy atom. The highest BCUT2D eigenvalue weighted by molar-refractivity contribution is 7.89. The molecular weight excluding hydrogens is 256 g/mol. The van der Waals surface area contributed by atoms with Gasteiger partial charge in [-0.05, 0) is 18.2 Å². The van der Waals surface area contributed by atoms with Crippen LogP contribution in [0.25, 0.3) is 0 Å². The van der Waals surface area contributed by atoms with E-state index in [4.69, 9.17) is 5.26 Å². The van der Waals surface area contributed by atoms with Crippen molar-refractivity contribution in [3.05, 3.63) is 29.8 Å². The van der Waals surface area contributed by atoms with Crippen LogP contribution in [0.2, 0.25) is 0 Å². The number of hydrogen-bond donors (Lipinski definition) is 2. The van der Waals surface area contributed by atoms with Crippen LogP contribution in [0.1, 0.15) is 5.56 Å². The highest BCUT2D eigenvalue weighted by atomic mass is 32.2. The molecule has 0 aromatic heterocycles. The number of sulfonamides is 1. The van der Waals surface area contributed by atoms with Gasteiger partial charge in [-0.1, -0.05) is 6.07 Å². The van der Waals surface area contributed by atoms with Gasteiger partial charge < -0.3 is 10.2 Å². The third-order valence-corrected chi connectivity index (χ3v) is 4.65. The van der Waals surface area contributed by atoms with Crippen molar-refractivity contribution in [1.29, 1.82) is 5.26 Å². The highest BCUT2D eigenvalue weighted by Gasteiger charge is 2.37. The Bertz CT molecular complexity index is 583. The van der Waals surface area contributed by atoms with Crippen molar-refractivity contribution in [3.8, 4) is 6.07 Å². The Hall–Kier alpha value is -1.46. The number of hydrogen-bond acceptors (Lipinski definition) is 5. The zero-order chi connectivity index (χ0) is 13.3. The summed E-state index contributed by atoms with van der Waals surface area (Å²) in [4.78, 5) is -0.0112. The normalized spacial score (nSPS) is 24.9. The molecule has 1 fully saturated rings. The van der Waals surface area contributed by atoms with Crippen molar-refractivity contribution < 1.29 is 18.6 Å². The van der Waals surface area contributed by atoms with Crippen molar-refractivity contribution in [2.75, 3.05) is 13.1 Å². The van der Waals surface area contributed by atoms with Crippen LogP contribution in [0.5, 0.6) is 0 Å². The quantitative estimate of drug-likeness (QED) is 0.737. The molecule has 1 aliphatic rings. The van der Waals surface area contributed by atoms with Gasteiger partial charge in [-0.25, -0.2) is 8.42 Å². The third-order valence-electron chi connectivity index (χ3n) is 2.83. The molecule has 96 valence electrons. The summed E-state index contributed by atoms with van der Waals surface area (Å²) in [6.45, 7) is -0.277. The van der Waals surface area contributed by atoms with Crippen molar-refractivity contribution in [3.63, 3.8) is 0 Å². The number of nitriles is 1. The second kappa shape index (κ2) is 4.66. The number of benzene rings is 1.